The van der Waals surface area contributed by atoms with Gasteiger partial charge in [-0.1, -0.05) is 41.5 Å². The molecule has 0 aromatic carbocycles. The van der Waals surface area contributed by atoms with Crippen LogP contribution in [0.3, 0.4) is 0 Å². The number of nitrogens with zero attached hydrogens (tertiary/aromatic N) is 2. The summed E-state index contributed by atoms with van der Waals surface area (Å²) in [6.07, 6.45) is 1.10. The molecule has 0 aliphatic carbocycles. The van der Waals surface area contributed by atoms with E-state index >= 15 is 0 Å². The molecule has 0 amide bonds. The van der Waals surface area contributed by atoms with Crippen molar-refractivity contribution in [2.75, 3.05) is 17.6 Å². The highest BCUT2D eigenvalue weighted by molar-refractivity contribution is 7.98. The summed E-state index contributed by atoms with van der Waals surface area (Å²) in [5, 5.41) is 3.39. The monoisotopic (exact) mass is 295 g/mol. The first kappa shape index (κ1) is 17.3. The molecule has 0 saturated carbocycles. The Kier molecular flexibility index (Phi) is 6.80. The van der Waals surface area contributed by atoms with Crippen LogP contribution in [0.25, 0.3) is 0 Å². The topological polar surface area (TPSA) is 37.8 Å². The Morgan fingerprint density at radius 3 is 2.50 bits per heavy atom. The van der Waals surface area contributed by atoms with Gasteiger partial charge in [0.2, 0.25) is 0 Å². The Labute approximate surface area is 128 Å². The van der Waals surface area contributed by atoms with Gasteiger partial charge in [0.15, 0.2) is 0 Å². The average Bonchev–Trinajstić information content (AvgIpc) is 2.34. The highest BCUT2D eigenvalue weighted by Crippen LogP contribution is 2.23. The van der Waals surface area contributed by atoms with Gasteiger partial charge in [0, 0.05) is 18.0 Å². The third-order valence-electron chi connectivity index (χ3n) is 2.78. The van der Waals surface area contributed by atoms with Gasteiger partial charge in [-0.2, -0.15) is 11.8 Å². The van der Waals surface area contributed by atoms with Gasteiger partial charge in [-0.15, -0.1) is 0 Å². The first-order valence-electron chi connectivity index (χ1n) is 7.53. The summed E-state index contributed by atoms with van der Waals surface area (Å²) in [6, 6.07) is 2.09. The van der Waals surface area contributed by atoms with Crippen LogP contribution >= 0.6 is 11.8 Å². The van der Waals surface area contributed by atoms with E-state index in [4.69, 9.17) is 4.98 Å². The van der Waals surface area contributed by atoms with Crippen molar-refractivity contribution in [3.63, 3.8) is 0 Å². The van der Waals surface area contributed by atoms with Crippen molar-refractivity contribution in [2.24, 2.45) is 5.92 Å². The molecule has 3 nitrogen and oxygen atoms in total. The molecule has 0 saturated heterocycles. The summed E-state index contributed by atoms with van der Waals surface area (Å²) in [7, 11) is 0. The Morgan fingerprint density at radius 1 is 1.25 bits per heavy atom. The number of hydrogen-bond donors (Lipinski definition) is 1. The SMILES string of the molecule is CCCNc1cc(C(C)(C)C)nc(CSCC(C)C)n1. The van der Waals surface area contributed by atoms with Crippen molar-refractivity contribution in [1.29, 1.82) is 0 Å². The Bertz CT molecular complexity index is 411. The predicted molar refractivity (Wildman–Crippen MR) is 90.5 cm³/mol. The largest absolute Gasteiger partial charge is 0.370 e. The second kappa shape index (κ2) is 7.87. The van der Waals surface area contributed by atoms with E-state index in [-0.39, 0.29) is 5.41 Å². The van der Waals surface area contributed by atoms with Crippen LogP contribution in [-0.4, -0.2) is 22.3 Å². The van der Waals surface area contributed by atoms with Crippen LogP contribution in [0, 0.1) is 5.92 Å². The maximum Gasteiger partial charge on any atom is 0.140 e. The van der Waals surface area contributed by atoms with Gasteiger partial charge in [-0.05, 0) is 18.1 Å². The minimum absolute atomic E-state index is 0.0586. The van der Waals surface area contributed by atoms with Crippen molar-refractivity contribution in [2.45, 2.75) is 59.1 Å². The lowest BCUT2D eigenvalue weighted by molar-refractivity contribution is 0.564. The first-order chi connectivity index (χ1) is 9.32. The Hall–Kier alpha value is -0.770. The van der Waals surface area contributed by atoms with Gasteiger partial charge < -0.3 is 5.32 Å². The van der Waals surface area contributed by atoms with E-state index in [1.165, 1.54) is 0 Å². The molecule has 20 heavy (non-hydrogen) atoms. The number of anilines is 1. The number of aromatic nitrogens is 2. The molecule has 0 radical (unpaired) electrons. The molecule has 4 heteroatoms. The van der Waals surface area contributed by atoms with Crippen molar-refractivity contribution >= 4 is 17.6 Å². The summed E-state index contributed by atoms with van der Waals surface area (Å²) in [6.45, 7) is 14.2. The molecular formula is C16H29N3S. The molecule has 114 valence electrons. The molecule has 1 aromatic rings. The van der Waals surface area contributed by atoms with E-state index in [1.54, 1.807) is 0 Å². The van der Waals surface area contributed by atoms with E-state index in [1.807, 2.05) is 11.8 Å². The highest BCUT2D eigenvalue weighted by atomic mass is 32.2. The van der Waals surface area contributed by atoms with Crippen molar-refractivity contribution in [3.8, 4) is 0 Å². The summed E-state index contributed by atoms with van der Waals surface area (Å²) < 4.78 is 0. The highest BCUT2D eigenvalue weighted by Gasteiger charge is 2.18. The molecule has 1 rings (SSSR count). The minimum atomic E-state index is 0.0586. The fraction of sp³-hybridized carbons (Fsp3) is 0.750. The minimum Gasteiger partial charge on any atom is -0.370 e. The van der Waals surface area contributed by atoms with Crippen LogP contribution in [0.4, 0.5) is 5.82 Å². The summed E-state index contributed by atoms with van der Waals surface area (Å²) in [5.41, 5.74) is 1.18. The number of thioether (sulfide) groups is 1. The molecule has 1 N–H and O–H groups in total. The Morgan fingerprint density at radius 2 is 1.95 bits per heavy atom. The second-order valence-electron chi connectivity index (χ2n) is 6.64. The standard InChI is InChI=1S/C16H29N3S/c1-7-8-17-14-9-13(16(4,5)6)18-15(19-14)11-20-10-12(2)3/h9,12H,7-8,10-11H2,1-6H3,(H,17,18,19). The normalized spacial score (nSPS) is 11.9. The van der Waals surface area contributed by atoms with E-state index in [0.717, 1.165) is 41.8 Å². The van der Waals surface area contributed by atoms with Crippen LogP contribution in [0.15, 0.2) is 6.07 Å². The second-order valence-corrected chi connectivity index (χ2v) is 7.67. The van der Waals surface area contributed by atoms with Gasteiger partial charge in [0.25, 0.3) is 0 Å². The van der Waals surface area contributed by atoms with Crippen LogP contribution in [-0.2, 0) is 11.2 Å². The van der Waals surface area contributed by atoms with E-state index in [9.17, 15) is 0 Å². The molecule has 1 heterocycles. The van der Waals surface area contributed by atoms with Gasteiger partial charge >= 0.3 is 0 Å². The molecule has 0 spiro atoms. The van der Waals surface area contributed by atoms with Crippen LogP contribution in [0.5, 0.6) is 0 Å². The van der Waals surface area contributed by atoms with Gasteiger partial charge in [0.1, 0.15) is 11.6 Å². The van der Waals surface area contributed by atoms with Gasteiger partial charge in [-0.25, -0.2) is 9.97 Å². The van der Waals surface area contributed by atoms with Crippen molar-refractivity contribution < 1.29 is 0 Å². The molecule has 1 aromatic heterocycles. The fourth-order valence-electron chi connectivity index (χ4n) is 1.68. The Balaban J connectivity index is 2.86. The maximum atomic E-state index is 4.74. The quantitative estimate of drug-likeness (QED) is 0.804. The zero-order valence-corrected chi connectivity index (χ0v) is 14.6. The molecule has 0 fully saturated rings. The van der Waals surface area contributed by atoms with Crippen molar-refractivity contribution in [3.05, 3.63) is 17.6 Å². The maximum absolute atomic E-state index is 4.74. The molecule has 0 bridgehead atoms. The summed E-state index contributed by atoms with van der Waals surface area (Å²) >= 11 is 1.91. The lowest BCUT2D eigenvalue weighted by atomic mass is 9.92. The number of rotatable bonds is 7. The lowest BCUT2D eigenvalue weighted by Gasteiger charge is -2.19. The third-order valence-corrected chi connectivity index (χ3v) is 4.14. The predicted octanol–water partition coefficient (Wildman–Crippen LogP) is 4.49. The third kappa shape index (κ3) is 6.12. The number of hydrogen-bond acceptors (Lipinski definition) is 4. The fourth-order valence-corrected chi connectivity index (χ4v) is 2.58. The van der Waals surface area contributed by atoms with Crippen molar-refractivity contribution in [1.82, 2.24) is 9.97 Å². The van der Waals surface area contributed by atoms with E-state index in [2.05, 4.69) is 57.9 Å². The molecule has 0 aliphatic rings. The van der Waals surface area contributed by atoms with Crippen LogP contribution in [0.1, 0.15) is 59.5 Å². The zero-order chi connectivity index (χ0) is 15.2. The van der Waals surface area contributed by atoms with Crippen LogP contribution < -0.4 is 5.32 Å². The zero-order valence-electron chi connectivity index (χ0n) is 13.8. The van der Waals surface area contributed by atoms with Gasteiger partial charge in [0.05, 0.1) is 11.4 Å². The molecule has 0 aliphatic heterocycles. The number of nitrogens with one attached hydrogen (secondary N) is 1. The summed E-state index contributed by atoms with van der Waals surface area (Å²) in [5.74, 6) is 4.67. The van der Waals surface area contributed by atoms with E-state index < -0.39 is 0 Å². The smallest absolute Gasteiger partial charge is 0.140 e. The van der Waals surface area contributed by atoms with Crippen LogP contribution in [0.2, 0.25) is 0 Å². The average molecular weight is 295 g/mol. The van der Waals surface area contributed by atoms with E-state index in [0.29, 0.717) is 5.92 Å². The van der Waals surface area contributed by atoms with Gasteiger partial charge in [-0.3, -0.25) is 0 Å². The lowest BCUT2D eigenvalue weighted by Crippen LogP contribution is -2.17. The first-order valence-corrected chi connectivity index (χ1v) is 8.68. The molecule has 0 atom stereocenters. The summed E-state index contributed by atoms with van der Waals surface area (Å²) in [4.78, 5) is 9.38. The molecule has 0 unspecified atom stereocenters. The molecular weight excluding hydrogens is 266 g/mol.